The van der Waals surface area contributed by atoms with Crippen LogP contribution in [-0.4, -0.2) is 12.5 Å². The van der Waals surface area contributed by atoms with Crippen LogP contribution in [0.3, 0.4) is 0 Å². The maximum absolute atomic E-state index is 12.7. The number of nitrogens with one attached hydrogen (secondary N) is 1. The van der Waals surface area contributed by atoms with Crippen LogP contribution in [0.25, 0.3) is 6.08 Å². The number of rotatable bonds is 8. The number of hydrogen-bond donors (Lipinski definition) is 1. The Balaban J connectivity index is 1.84. The number of carbonyl (C=O) groups is 1. The third-order valence-electron chi connectivity index (χ3n) is 5.00. The molecule has 0 aromatic heterocycles. The molecule has 5 nitrogen and oxygen atoms in total. The first-order valence-electron chi connectivity index (χ1n) is 10.5. The molecule has 33 heavy (non-hydrogen) atoms. The second kappa shape index (κ2) is 11.3. The van der Waals surface area contributed by atoms with Crippen LogP contribution < -0.4 is 14.8 Å². The zero-order valence-electron chi connectivity index (χ0n) is 18.8. The molecule has 0 spiro atoms. The Morgan fingerprint density at radius 3 is 2.48 bits per heavy atom. The normalized spacial score (nSPS) is 10.9. The Morgan fingerprint density at radius 2 is 1.82 bits per heavy atom. The molecule has 6 heteroatoms. The lowest BCUT2D eigenvalue weighted by molar-refractivity contribution is -0.112. The van der Waals surface area contributed by atoms with Gasteiger partial charge in [-0.05, 0) is 89.3 Å². The Hall–Kier alpha value is -3.56. The summed E-state index contributed by atoms with van der Waals surface area (Å²) >= 11 is 3.54. The number of ether oxygens (including phenoxy) is 2. The van der Waals surface area contributed by atoms with Crippen LogP contribution in [-0.2, 0) is 11.4 Å². The van der Waals surface area contributed by atoms with Crippen molar-refractivity contribution < 1.29 is 14.3 Å². The van der Waals surface area contributed by atoms with Gasteiger partial charge in [-0.25, -0.2) is 0 Å². The summed E-state index contributed by atoms with van der Waals surface area (Å²) in [6.45, 7) is 6.69. The highest BCUT2D eigenvalue weighted by Gasteiger charge is 2.15. The number of carbonyl (C=O) groups excluding carboxylic acids is 1. The van der Waals surface area contributed by atoms with Crippen LogP contribution in [0.15, 0.2) is 70.7 Å². The molecule has 3 aromatic rings. The standard InChI is InChI=1S/C27H25BrN2O3/c1-4-32-25-15-21(14-24(28)26(25)33-17-20-8-6-5-7-9-20)13-22(16-29)27(31)30-23-11-10-18(2)19(3)12-23/h5-15H,4,17H2,1-3H3,(H,30,31)/b22-13+. The lowest BCUT2D eigenvalue weighted by Gasteiger charge is -2.15. The SMILES string of the molecule is CCOc1cc(/C=C(\C#N)C(=O)Nc2ccc(C)c(C)c2)cc(Br)c1OCc1ccccc1. The summed E-state index contributed by atoms with van der Waals surface area (Å²) in [6, 6.07) is 21.0. The first kappa shape index (κ1) is 24.1. The average Bonchev–Trinajstić information content (AvgIpc) is 2.80. The molecule has 1 N–H and O–H groups in total. The second-order valence-electron chi connectivity index (χ2n) is 7.46. The minimum absolute atomic E-state index is 0.0134. The smallest absolute Gasteiger partial charge is 0.266 e. The molecule has 168 valence electrons. The zero-order chi connectivity index (χ0) is 23.8. The van der Waals surface area contributed by atoms with Crippen molar-refractivity contribution in [2.24, 2.45) is 0 Å². The van der Waals surface area contributed by atoms with Crippen molar-refractivity contribution >= 4 is 33.6 Å². The number of benzene rings is 3. The van der Waals surface area contributed by atoms with Gasteiger partial charge in [0.15, 0.2) is 11.5 Å². The molecule has 0 unspecified atom stereocenters. The van der Waals surface area contributed by atoms with Gasteiger partial charge in [-0.1, -0.05) is 36.4 Å². The molecule has 0 aliphatic rings. The average molecular weight is 505 g/mol. The van der Waals surface area contributed by atoms with Gasteiger partial charge in [0.05, 0.1) is 11.1 Å². The van der Waals surface area contributed by atoms with Gasteiger partial charge in [0.25, 0.3) is 5.91 Å². The number of hydrogen-bond acceptors (Lipinski definition) is 4. The van der Waals surface area contributed by atoms with Crippen LogP contribution in [0.5, 0.6) is 11.5 Å². The van der Waals surface area contributed by atoms with E-state index < -0.39 is 5.91 Å². The molecule has 3 aromatic carbocycles. The van der Waals surface area contributed by atoms with Crippen LogP contribution in [0.2, 0.25) is 0 Å². The van der Waals surface area contributed by atoms with Crippen LogP contribution in [0, 0.1) is 25.2 Å². The van der Waals surface area contributed by atoms with Crippen molar-refractivity contribution in [1.29, 1.82) is 5.26 Å². The Morgan fingerprint density at radius 1 is 1.06 bits per heavy atom. The van der Waals surface area contributed by atoms with Gasteiger partial charge < -0.3 is 14.8 Å². The maximum Gasteiger partial charge on any atom is 0.266 e. The predicted octanol–water partition coefficient (Wildman–Crippen LogP) is 6.59. The zero-order valence-corrected chi connectivity index (χ0v) is 20.4. The quantitative estimate of drug-likeness (QED) is 0.277. The topological polar surface area (TPSA) is 71.3 Å². The summed E-state index contributed by atoms with van der Waals surface area (Å²) in [5.74, 6) is 0.621. The highest BCUT2D eigenvalue weighted by molar-refractivity contribution is 9.10. The third-order valence-corrected chi connectivity index (χ3v) is 5.59. The fourth-order valence-electron chi connectivity index (χ4n) is 3.14. The molecule has 0 heterocycles. The highest BCUT2D eigenvalue weighted by atomic mass is 79.9. The summed E-state index contributed by atoms with van der Waals surface area (Å²) < 4.78 is 12.4. The number of anilines is 1. The van der Waals surface area contributed by atoms with Crippen molar-refractivity contribution in [2.45, 2.75) is 27.4 Å². The van der Waals surface area contributed by atoms with Crippen molar-refractivity contribution in [3.05, 3.63) is 93.0 Å². The molecule has 1 amide bonds. The number of nitrogens with zero attached hydrogens (tertiary/aromatic N) is 1. The van der Waals surface area contributed by atoms with Gasteiger partial charge in [-0.2, -0.15) is 5.26 Å². The molecule has 0 aliphatic heterocycles. The molecule has 0 atom stereocenters. The highest BCUT2D eigenvalue weighted by Crippen LogP contribution is 2.38. The number of aryl methyl sites for hydroxylation is 2. The second-order valence-corrected chi connectivity index (χ2v) is 8.31. The van der Waals surface area contributed by atoms with Crippen LogP contribution in [0.4, 0.5) is 5.69 Å². The van der Waals surface area contributed by atoms with Gasteiger partial charge in [0.1, 0.15) is 18.2 Å². The van der Waals surface area contributed by atoms with E-state index in [0.29, 0.717) is 40.4 Å². The Labute approximate surface area is 202 Å². The summed E-state index contributed by atoms with van der Waals surface area (Å²) in [7, 11) is 0. The fourth-order valence-corrected chi connectivity index (χ4v) is 3.71. The lowest BCUT2D eigenvalue weighted by Crippen LogP contribution is -2.13. The van der Waals surface area contributed by atoms with Gasteiger partial charge in [0.2, 0.25) is 0 Å². The van der Waals surface area contributed by atoms with E-state index in [9.17, 15) is 10.1 Å². The van der Waals surface area contributed by atoms with Crippen molar-refractivity contribution in [2.75, 3.05) is 11.9 Å². The molecule has 0 saturated carbocycles. The van der Waals surface area contributed by atoms with E-state index in [4.69, 9.17) is 9.47 Å². The van der Waals surface area contributed by atoms with Crippen LogP contribution >= 0.6 is 15.9 Å². The van der Waals surface area contributed by atoms with E-state index in [1.54, 1.807) is 12.1 Å². The molecule has 0 bridgehead atoms. The Bertz CT molecular complexity index is 1210. The minimum Gasteiger partial charge on any atom is -0.490 e. The van der Waals surface area contributed by atoms with Gasteiger partial charge in [-0.15, -0.1) is 0 Å². The first-order chi connectivity index (χ1) is 15.9. The van der Waals surface area contributed by atoms with Gasteiger partial charge in [-0.3, -0.25) is 4.79 Å². The van der Waals surface area contributed by atoms with E-state index in [-0.39, 0.29) is 5.57 Å². The van der Waals surface area contributed by atoms with E-state index in [1.165, 1.54) is 6.08 Å². The Kier molecular flexibility index (Phi) is 8.28. The molecule has 0 radical (unpaired) electrons. The van der Waals surface area contributed by atoms with Crippen molar-refractivity contribution in [3.63, 3.8) is 0 Å². The lowest BCUT2D eigenvalue weighted by atomic mass is 10.1. The fraction of sp³-hybridized carbons (Fsp3) is 0.185. The monoisotopic (exact) mass is 504 g/mol. The number of nitriles is 1. The van der Waals surface area contributed by atoms with Gasteiger partial charge in [0, 0.05) is 5.69 Å². The van der Waals surface area contributed by atoms with E-state index >= 15 is 0 Å². The largest absolute Gasteiger partial charge is 0.490 e. The molecular formula is C27H25BrN2O3. The molecule has 0 aliphatic carbocycles. The van der Waals surface area contributed by atoms with Crippen LogP contribution in [0.1, 0.15) is 29.2 Å². The van der Waals surface area contributed by atoms with E-state index in [0.717, 1.165) is 16.7 Å². The van der Waals surface area contributed by atoms with Gasteiger partial charge >= 0.3 is 0 Å². The summed E-state index contributed by atoms with van der Waals surface area (Å²) in [5.41, 5.74) is 4.50. The van der Waals surface area contributed by atoms with Crippen molar-refractivity contribution in [1.82, 2.24) is 0 Å². The molecule has 0 fully saturated rings. The maximum atomic E-state index is 12.7. The summed E-state index contributed by atoms with van der Waals surface area (Å²) in [6.07, 6.45) is 1.53. The predicted molar refractivity (Wildman–Crippen MR) is 134 cm³/mol. The van der Waals surface area contributed by atoms with E-state index in [1.807, 2.05) is 75.4 Å². The minimum atomic E-state index is -0.473. The number of halogens is 1. The van der Waals surface area contributed by atoms with E-state index in [2.05, 4.69) is 21.2 Å². The first-order valence-corrected chi connectivity index (χ1v) is 11.3. The molecule has 3 rings (SSSR count). The summed E-state index contributed by atoms with van der Waals surface area (Å²) in [5, 5.41) is 12.4. The summed E-state index contributed by atoms with van der Waals surface area (Å²) in [4.78, 5) is 12.7. The number of amides is 1. The molecule has 0 saturated heterocycles. The third kappa shape index (κ3) is 6.47. The molecular weight excluding hydrogens is 480 g/mol. The van der Waals surface area contributed by atoms with Crippen molar-refractivity contribution in [3.8, 4) is 17.6 Å².